The summed E-state index contributed by atoms with van der Waals surface area (Å²) in [7, 11) is 1.74. The Morgan fingerprint density at radius 2 is 2.05 bits per heavy atom. The van der Waals surface area contributed by atoms with Crippen LogP contribution in [0, 0.1) is 17.3 Å². The minimum atomic E-state index is 0.437. The van der Waals surface area contributed by atoms with Gasteiger partial charge in [0.2, 0.25) is 0 Å². The normalized spacial score (nSPS) is 30.5. The molecule has 21 heavy (non-hydrogen) atoms. The number of benzene rings is 1. The largest absolute Gasteiger partial charge is 0.497 e. The monoisotopic (exact) mass is 351 g/mol. The Morgan fingerprint density at radius 1 is 1.33 bits per heavy atom. The number of halogens is 1. The van der Waals surface area contributed by atoms with Crippen molar-refractivity contribution in [1.29, 1.82) is 0 Å². The van der Waals surface area contributed by atoms with Crippen LogP contribution in [-0.4, -0.2) is 19.7 Å². The van der Waals surface area contributed by atoms with Crippen LogP contribution in [0.4, 0.5) is 0 Å². The smallest absolute Gasteiger partial charge is 0.119 e. The second kappa shape index (κ2) is 5.92. The number of nitrogens with one attached hydrogen (secondary N) is 1. The van der Waals surface area contributed by atoms with Gasteiger partial charge in [-0.1, -0.05) is 29.8 Å². The van der Waals surface area contributed by atoms with Gasteiger partial charge in [0.25, 0.3) is 0 Å². The molecule has 116 valence electrons. The topological polar surface area (TPSA) is 21.3 Å². The van der Waals surface area contributed by atoms with Gasteiger partial charge in [-0.05, 0) is 66.7 Å². The molecule has 0 bridgehead atoms. The third-order valence-electron chi connectivity index (χ3n) is 5.16. The van der Waals surface area contributed by atoms with Crippen LogP contribution in [0.3, 0.4) is 0 Å². The molecule has 2 nitrogen and oxygen atoms in total. The van der Waals surface area contributed by atoms with Crippen molar-refractivity contribution in [3.05, 3.63) is 28.2 Å². The molecule has 1 N–H and O–H groups in total. The molecule has 0 aromatic heterocycles. The Morgan fingerprint density at radius 3 is 2.67 bits per heavy atom. The molecule has 2 aliphatic rings. The van der Waals surface area contributed by atoms with Crippen LogP contribution >= 0.6 is 15.9 Å². The Balaban J connectivity index is 1.78. The maximum atomic E-state index is 5.40. The van der Waals surface area contributed by atoms with E-state index in [2.05, 4.69) is 47.2 Å². The first-order chi connectivity index (χ1) is 10.0. The zero-order valence-electron chi connectivity index (χ0n) is 13.3. The molecule has 2 fully saturated rings. The highest BCUT2D eigenvalue weighted by Crippen LogP contribution is 2.60. The Bertz CT molecular complexity index is 504. The fourth-order valence-corrected chi connectivity index (χ4v) is 4.38. The Hall–Kier alpha value is -0.540. The molecule has 3 heteroatoms. The molecule has 0 saturated heterocycles. The molecule has 2 atom stereocenters. The molecule has 0 radical (unpaired) electrons. The van der Waals surface area contributed by atoms with Gasteiger partial charge in [0.05, 0.1) is 7.11 Å². The maximum Gasteiger partial charge on any atom is 0.119 e. The molecule has 2 aliphatic carbocycles. The lowest BCUT2D eigenvalue weighted by molar-refractivity contribution is 0.241. The predicted octanol–water partition coefficient (Wildman–Crippen LogP) is 4.41. The molecular formula is C18H26BrNO. The molecule has 1 aromatic carbocycles. The second-order valence-electron chi connectivity index (χ2n) is 7.33. The van der Waals surface area contributed by atoms with E-state index >= 15 is 0 Å². The van der Waals surface area contributed by atoms with Gasteiger partial charge in [-0.25, -0.2) is 0 Å². The first kappa shape index (κ1) is 15.4. The van der Waals surface area contributed by atoms with E-state index in [9.17, 15) is 0 Å². The van der Waals surface area contributed by atoms with E-state index in [1.165, 1.54) is 29.3 Å². The highest BCUT2D eigenvalue weighted by atomic mass is 79.9. The summed E-state index contributed by atoms with van der Waals surface area (Å²) in [6, 6.07) is 6.91. The number of hydrogen-bond acceptors (Lipinski definition) is 2. The van der Waals surface area contributed by atoms with Crippen LogP contribution in [0.25, 0.3) is 0 Å². The SMILES string of the molecule is COc1ccc(Br)c(CC2(CNC(C)C)CC3CC3C2)c1. The van der Waals surface area contributed by atoms with Gasteiger partial charge in [-0.2, -0.15) is 0 Å². The first-order valence-corrected chi connectivity index (χ1v) is 8.86. The van der Waals surface area contributed by atoms with Crippen molar-refractivity contribution in [3.63, 3.8) is 0 Å². The van der Waals surface area contributed by atoms with Crippen LogP contribution in [0.5, 0.6) is 5.75 Å². The van der Waals surface area contributed by atoms with Crippen LogP contribution < -0.4 is 10.1 Å². The molecule has 2 unspecified atom stereocenters. The third kappa shape index (κ3) is 3.45. The van der Waals surface area contributed by atoms with Gasteiger partial charge in [-0.3, -0.25) is 0 Å². The molecule has 0 spiro atoms. The third-order valence-corrected chi connectivity index (χ3v) is 5.94. The zero-order valence-corrected chi connectivity index (χ0v) is 14.9. The summed E-state index contributed by atoms with van der Waals surface area (Å²) < 4.78 is 6.61. The minimum absolute atomic E-state index is 0.437. The number of hydrogen-bond donors (Lipinski definition) is 1. The predicted molar refractivity (Wildman–Crippen MR) is 90.8 cm³/mol. The lowest BCUT2D eigenvalue weighted by Gasteiger charge is -2.33. The van der Waals surface area contributed by atoms with E-state index in [4.69, 9.17) is 4.74 Å². The molecule has 2 saturated carbocycles. The van der Waals surface area contributed by atoms with E-state index in [-0.39, 0.29) is 0 Å². The molecular weight excluding hydrogens is 326 g/mol. The fraction of sp³-hybridized carbons (Fsp3) is 0.667. The first-order valence-electron chi connectivity index (χ1n) is 8.07. The van der Waals surface area contributed by atoms with E-state index in [0.717, 1.165) is 30.6 Å². The van der Waals surface area contributed by atoms with Gasteiger partial charge in [0, 0.05) is 17.1 Å². The van der Waals surface area contributed by atoms with Gasteiger partial charge >= 0.3 is 0 Å². The lowest BCUT2D eigenvalue weighted by atomic mass is 9.77. The van der Waals surface area contributed by atoms with E-state index < -0.39 is 0 Å². The van der Waals surface area contributed by atoms with Crippen molar-refractivity contribution in [2.24, 2.45) is 17.3 Å². The zero-order chi connectivity index (χ0) is 15.0. The van der Waals surface area contributed by atoms with E-state index in [0.29, 0.717) is 11.5 Å². The quantitative estimate of drug-likeness (QED) is 0.819. The van der Waals surface area contributed by atoms with Gasteiger partial charge in [0.15, 0.2) is 0 Å². The van der Waals surface area contributed by atoms with Crippen molar-refractivity contribution < 1.29 is 4.74 Å². The van der Waals surface area contributed by atoms with Crippen molar-refractivity contribution in [2.75, 3.05) is 13.7 Å². The highest BCUT2D eigenvalue weighted by Gasteiger charge is 2.53. The summed E-state index contributed by atoms with van der Waals surface area (Å²) in [5.74, 6) is 2.97. The molecule has 0 aliphatic heterocycles. The van der Waals surface area contributed by atoms with Crippen molar-refractivity contribution in [2.45, 2.75) is 45.6 Å². The van der Waals surface area contributed by atoms with Crippen molar-refractivity contribution in [3.8, 4) is 5.75 Å². The van der Waals surface area contributed by atoms with Crippen LogP contribution in [-0.2, 0) is 6.42 Å². The maximum absolute atomic E-state index is 5.40. The number of fused-ring (bicyclic) bond motifs is 1. The number of methoxy groups -OCH3 is 1. The van der Waals surface area contributed by atoms with Crippen LogP contribution in [0.1, 0.15) is 38.7 Å². The lowest BCUT2D eigenvalue weighted by Crippen LogP contribution is -2.38. The minimum Gasteiger partial charge on any atom is -0.497 e. The van der Waals surface area contributed by atoms with Crippen LogP contribution in [0.15, 0.2) is 22.7 Å². The van der Waals surface area contributed by atoms with Crippen molar-refractivity contribution >= 4 is 15.9 Å². The highest BCUT2D eigenvalue weighted by molar-refractivity contribution is 9.10. The molecule has 1 aromatic rings. The van der Waals surface area contributed by atoms with Gasteiger partial charge in [0.1, 0.15) is 5.75 Å². The van der Waals surface area contributed by atoms with E-state index in [1.807, 2.05) is 6.07 Å². The van der Waals surface area contributed by atoms with Gasteiger partial charge in [-0.15, -0.1) is 0 Å². The van der Waals surface area contributed by atoms with Gasteiger partial charge < -0.3 is 10.1 Å². The summed E-state index contributed by atoms with van der Waals surface area (Å²) >= 11 is 3.72. The summed E-state index contributed by atoms with van der Waals surface area (Å²) in [6.07, 6.45) is 5.41. The Labute approximate surface area is 136 Å². The molecule has 3 rings (SSSR count). The summed E-state index contributed by atoms with van der Waals surface area (Å²) in [4.78, 5) is 0. The van der Waals surface area contributed by atoms with E-state index in [1.54, 1.807) is 7.11 Å². The Kier molecular flexibility index (Phi) is 4.33. The molecule has 0 amide bonds. The second-order valence-corrected chi connectivity index (χ2v) is 8.19. The summed E-state index contributed by atoms with van der Waals surface area (Å²) in [6.45, 7) is 5.62. The fourth-order valence-electron chi connectivity index (χ4n) is 4.00. The average Bonchev–Trinajstić information content (AvgIpc) is 3.07. The number of rotatable bonds is 6. The molecule has 0 heterocycles. The summed E-state index contributed by atoms with van der Waals surface area (Å²) in [5.41, 5.74) is 1.83. The standard InChI is InChI=1S/C18H26BrNO/c1-12(2)20-11-18(8-13-6-14(13)9-18)10-15-7-16(21-3)4-5-17(15)19/h4-5,7,12-14,20H,6,8-11H2,1-3H3. The summed E-state index contributed by atoms with van der Waals surface area (Å²) in [5, 5.41) is 3.69. The van der Waals surface area contributed by atoms with Crippen molar-refractivity contribution in [1.82, 2.24) is 5.32 Å². The van der Waals surface area contributed by atoms with Crippen LogP contribution in [0.2, 0.25) is 0 Å². The number of ether oxygens (including phenoxy) is 1. The average molecular weight is 352 g/mol.